The Morgan fingerprint density at radius 2 is 0.980 bits per heavy atom. The second-order valence-electron chi connectivity index (χ2n) is 14.5. The van der Waals surface area contributed by atoms with Crippen LogP contribution in [0.3, 0.4) is 0 Å². The van der Waals surface area contributed by atoms with Crippen LogP contribution in [0.1, 0.15) is 125 Å². The van der Waals surface area contributed by atoms with Crippen LogP contribution in [0.2, 0.25) is 0 Å². The third-order valence-electron chi connectivity index (χ3n) is 7.34. The van der Waals surface area contributed by atoms with Crippen molar-refractivity contribution in [1.29, 1.82) is 0 Å². The molecular weight excluding hydrogens is 648 g/mol. The lowest BCUT2D eigenvalue weighted by atomic mass is 10.0. The van der Waals surface area contributed by atoms with Gasteiger partial charge in [0.25, 0.3) is 23.6 Å². The van der Waals surface area contributed by atoms with E-state index in [0.717, 1.165) is 0 Å². The molecule has 2 aromatic heterocycles. The summed E-state index contributed by atoms with van der Waals surface area (Å²) in [6, 6.07) is -1.95. The summed E-state index contributed by atoms with van der Waals surface area (Å²) in [7, 11) is 0. The maximum atomic E-state index is 13.6. The van der Waals surface area contributed by atoms with Crippen LogP contribution < -0.4 is 10.6 Å². The van der Waals surface area contributed by atoms with Crippen molar-refractivity contribution >= 4 is 35.6 Å². The Kier molecular flexibility index (Phi) is 14.3. The highest BCUT2D eigenvalue weighted by molar-refractivity contribution is 6.06. The number of aromatic nitrogens is 4. The first kappa shape index (κ1) is 41.4. The second-order valence-corrected chi connectivity index (χ2v) is 14.5. The highest BCUT2D eigenvalue weighted by Gasteiger charge is 2.34. The molecule has 0 aromatic carbocycles. The lowest BCUT2D eigenvalue weighted by Gasteiger charge is -2.27. The van der Waals surface area contributed by atoms with E-state index in [-0.39, 0.29) is 60.8 Å². The maximum absolute atomic E-state index is 13.6. The topological polar surface area (TPSA) is 209 Å². The molecule has 16 nitrogen and oxygen atoms in total. The number of likely N-dealkylation sites (N-methyl/N-ethyl adjacent to an activating group) is 2. The van der Waals surface area contributed by atoms with E-state index in [0.29, 0.717) is 0 Å². The average Bonchev–Trinajstić information content (AvgIpc) is 3.68. The van der Waals surface area contributed by atoms with Gasteiger partial charge < -0.3 is 39.9 Å². The van der Waals surface area contributed by atoms with Crippen LogP contribution in [0, 0.1) is 11.8 Å². The molecule has 0 saturated carbocycles. The summed E-state index contributed by atoms with van der Waals surface area (Å²) in [4.78, 5) is 95.7. The summed E-state index contributed by atoms with van der Waals surface area (Å²) in [5.41, 5.74) is -2.07. The van der Waals surface area contributed by atoms with Gasteiger partial charge in [-0.05, 0) is 67.2 Å². The molecule has 0 aliphatic heterocycles. The zero-order valence-corrected chi connectivity index (χ0v) is 31.3. The molecule has 0 saturated heterocycles. The third-order valence-corrected chi connectivity index (χ3v) is 7.34. The molecule has 2 rings (SSSR count). The molecule has 4 N–H and O–H groups in total. The van der Waals surface area contributed by atoms with Gasteiger partial charge in [0.2, 0.25) is 0 Å². The van der Waals surface area contributed by atoms with E-state index in [4.69, 9.17) is 9.47 Å². The van der Waals surface area contributed by atoms with Crippen molar-refractivity contribution in [3.05, 3.63) is 35.4 Å². The van der Waals surface area contributed by atoms with Gasteiger partial charge in [-0.15, -0.1) is 0 Å². The average molecular weight is 703 g/mol. The Labute approximate surface area is 293 Å². The number of carbonyl (C=O) groups is 6. The predicted molar refractivity (Wildman–Crippen MR) is 184 cm³/mol. The first-order valence-corrected chi connectivity index (χ1v) is 16.8. The van der Waals surface area contributed by atoms with Gasteiger partial charge in [0.1, 0.15) is 34.7 Å². The number of amides is 4. The molecule has 0 aliphatic carbocycles. The molecule has 278 valence electrons. The van der Waals surface area contributed by atoms with Crippen LogP contribution in [-0.2, 0) is 19.1 Å². The summed E-state index contributed by atoms with van der Waals surface area (Å²) in [6.45, 7) is 21.5. The number of hydrogen-bond donors (Lipinski definition) is 4. The number of aromatic amines is 2. The van der Waals surface area contributed by atoms with Crippen LogP contribution in [0.15, 0.2) is 12.7 Å². The van der Waals surface area contributed by atoms with Crippen molar-refractivity contribution < 1.29 is 38.2 Å². The zero-order chi connectivity index (χ0) is 38.1. The van der Waals surface area contributed by atoms with E-state index in [1.165, 1.54) is 22.5 Å². The molecular formula is C34H54N8O8. The molecule has 0 aliphatic rings. The van der Waals surface area contributed by atoms with Gasteiger partial charge in [-0.2, -0.15) is 0 Å². The van der Waals surface area contributed by atoms with Gasteiger partial charge >= 0.3 is 11.9 Å². The smallest absolute Gasteiger partial charge is 0.329 e. The van der Waals surface area contributed by atoms with E-state index >= 15 is 0 Å². The molecule has 0 fully saturated rings. The second kappa shape index (κ2) is 17.3. The molecule has 2 atom stereocenters. The monoisotopic (exact) mass is 702 g/mol. The molecule has 0 radical (unpaired) electrons. The standard InChI is InChI=1S/C34H54N8O8/c1-13-41(29(45)25-23(35-17-37-25)27(43)39-21(19(3)4)31(47)49-33(7,8)9)15-16-42(14-2)30(46)26-24(36-18-38-26)28(44)40-22(20(5)6)32(48)50-34(10,11)12/h17-22H,13-16H2,1-12H3,(H,35,37)(H,36,38)(H,39,43)(H,40,44). The Hall–Kier alpha value is -4.76. The number of esters is 2. The number of carbonyl (C=O) groups excluding carboxylic acids is 6. The van der Waals surface area contributed by atoms with Crippen molar-refractivity contribution in [1.82, 2.24) is 40.4 Å². The van der Waals surface area contributed by atoms with Crippen LogP contribution >= 0.6 is 0 Å². The fraction of sp³-hybridized carbons (Fsp3) is 0.647. The number of ether oxygens (including phenoxy) is 2. The maximum Gasteiger partial charge on any atom is 0.329 e. The summed E-state index contributed by atoms with van der Waals surface area (Å²) in [5, 5.41) is 5.29. The normalized spacial score (nSPS) is 13.0. The highest BCUT2D eigenvalue weighted by Crippen LogP contribution is 2.16. The minimum atomic E-state index is -0.976. The largest absolute Gasteiger partial charge is 0.458 e. The number of nitrogens with zero attached hydrogens (tertiary/aromatic N) is 4. The summed E-state index contributed by atoms with van der Waals surface area (Å²) in [5.74, 6) is -4.36. The van der Waals surface area contributed by atoms with Crippen molar-refractivity contribution in [3.8, 4) is 0 Å². The quantitative estimate of drug-likeness (QED) is 0.200. The van der Waals surface area contributed by atoms with E-state index < -0.39 is 58.9 Å². The fourth-order valence-electron chi connectivity index (χ4n) is 4.77. The highest BCUT2D eigenvalue weighted by atomic mass is 16.6. The van der Waals surface area contributed by atoms with E-state index in [2.05, 4.69) is 30.6 Å². The van der Waals surface area contributed by atoms with Crippen molar-refractivity contribution in [2.45, 2.75) is 106 Å². The van der Waals surface area contributed by atoms with Gasteiger partial charge in [-0.25, -0.2) is 19.6 Å². The molecule has 16 heteroatoms. The Morgan fingerprint density at radius 3 is 1.24 bits per heavy atom. The first-order valence-electron chi connectivity index (χ1n) is 16.8. The Morgan fingerprint density at radius 1 is 0.660 bits per heavy atom. The van der Waals surface area contributed by atoms with Crippen molar-refractivity contribution in [3.63, 3.8) is 0 Å². The van der Waals surface area contributed by atoms with Crippen LogP contribution in [-0.4, -0.2) is 115 Å². The fourth-order valence-corrected chi connectivity index (χ4v) is 4.77. The zero-order valence-electron chi connectivity index (χ0n) is 31.3. The molecule has 0 bridgehead atoms. The predicted octanol–water partition coefficient (Wildman–Crippen LogP) is 2.95. The van der Waals surface area contributed by atoms with Gasteiger partial charge in [0.15, 0.2) is 11.4 Å². The van der Waals surface area contributed by atoms with Gasteiger partial charge in [-0.1, -0.05) is 27.7 Å². The van der Waals surface area contributed by atoms with E-state index in [1.807, 2.05) is 0 Å². The van der Waals surface area contributed by atoms with Crippen LogP contribution in [0.5, 0.6) is 0 Å². The third kappa shape index (κ3) is 11.4. The SMILES string of the molecule is CCN(CCN(CC)C(=O)c1[nH]cnc1C(=O)NC(C(=O)OC(C)(C)C)C(C)C)C(=O)c1[nH]cnc1C(=O)NC(C(=O)OC(C)(C)C)C(C)C. The van der Waals surface area contributed by atoms with E-state index in [1.54, 1.807) is 83.1 Å². The summed E-state index contributed by atoms with van der Waals surface area (Å²) in [6.07, 6.45) is 2.43. The number of H-pyrrole nitrogens is 2. The lowest BCUT2D eigenvalue weighted by molar-refractivity contribution is -0.159. The van der Waals surface area contributed by atoms with Gasteiger partial charge in [0.05, 0.1) is 12.7 Å². The van der Waals surface area contributed by atoms with Gasteiger partial charge in [-0.3, -0.25) is 19.2 Å². The number of rotatable bonds is 15. The van der Waals surface area contributed by atoms with Crippen LogP contribution in [0.25, 0.3) is 0 Å². The van der Waals surface area contributed by atoms with Crippen LogP contribution in [0.4, 0.5) is 0 Å². The molecule has 50 heavy (non-hydrogen) atoms. The Bertz CT molecular complexity index is 1400. The summed E-state index contributed by atoms with van der Waals surface area (Å²) >= 11 is 0. The molecule has 4 amide bonds. The van der Waals surface area contributed by atoms with Crippen molar-refractivity contribution in [2.24, 2.45) is 11.8 Å². The lowest BCUT2D eigenvalue weighted by Crippen LogP contribution is -2.48. The molecule has 2 heterocycles. The Balaban J connectivity index is 2.19. The first-order chi connectivity index (χ1) is 23.1. The van der Waals surface area contributed by atoms with E-state index in [9.17, 15) is 28.8 Å². The minimum absolute atomic E-state index is 0.0747. The molecule has 2 unspecified atom stereocenters. The van der Waals surface area contributed by atoms with Gasteiger partial charge in [0, 0.05) is 26.2 Å². The molecule has 0 spiro atoms. The minimum Gasteiger partial charge on any atom is -0.458 e. The number of hydrogen-bond acceptors (Lipinski definition) is 10. The molecule has 2 aromatic rings. The van der Waals surface area contributed by atoms with Crippen molar-refractivity contribution in [2.75, 3.05) is 26.2 Å². The summed E-state index contributed by atoms with van der Waals surface area (Å²) < 4.78 is 10.9. The number of imidazole rings is 2. The number of nitrogens with one attached hydrogen (secondary N) is 4.